The number of piperidine rings is 1. The fourth-order valence-corrected chi connectivity index (χ4v) is 2.57. The minimum absolute atomic E-state index is 0.0379. The van der Waals surface area contributed by atoms with Crippen molar-refractivity contribution >= 4 is 11.8 Å². The number of rotatable bonds is 4. The zero-order valence-electron chi connectivity index (χ0n) is 12.6. The Labute approximate surface area is 120 Å². The van der Waals surface area contributed by atoms with Crippen molar-refractivity contribution in [3.05, 3.63) is 17.6 Å². The Morgan fingerprint density at radius 2 is 2.25 bits per heavy atom. The standard InChI is InChI=1S/C15H23N3O2/c1-4-13-16-11(3)9-14(17-13)18-8-6-7-12(10-18)15(19)20-5-2/h9,12H,4-8,10H2,1-3H3/t12-/m1/s1. The number of hydrogen-bond acceptors (Lipinski definition) is 5. The molecule has 0 aliphatic carbocycles. The third-order valence-corrected chi connectivity index (χ3v) is 3.57. The summed E-state index contributed by atoms with van der Waals surface area (Å²) in [5.41, 5.74) is 0.977. The molecule has 0 aromatic carbocycles. The van der Waals surface area contributed by atoms with Crippen molar-refractivity contribution in [3.8, 4) is 0 Å². The molecule has 1 aromatic heterocycles. The van der Waals surface area contributed by atoms with Crippen LogP contribution in [-0.2, 0) is 16.0 Å². The third kappa shape index (κ3) is 3.46. The molecule has 110 valence electrons. The first-order valence-electron chi connectivity index (χ1n) is 7.40. The van der Waals surface area contributed by atoms with Gasteiger partial charge >= 0.3 is 5.97 Å². The first kappa shape index (κ1) is 14.8. The van der Waals surface area contributed by atoms with Gasteiger partial charge in [-0.2, -0.15) is 0 Å². The summed E-state index contributed by atoms with van der Waals surface area (Å²) in [7, 11) is 0. The number of anilines is 1. The Morgan fingerprint density at radius 1 is 1.45 bits per heavy atom. The van der Waals surface area contributed by atoms with E-state index in [-0.39, 0.29) is 11.9 Å². The summed E-state index contributed by atoms with van der Waals surface area (Å²) in [6.07, 6.45) is 2.72. The number of aryl methyl sites for hydroxylation is 2. The molecule has 1 aliphatic rings. The van der Waals surface area contributed by atoms with Gasteiger partial charge in [-0.15, -0.1) is 0 Å². The van der Waals surface area contributed by atoms with Crippen LogP contribution in [0.5, 0.6) is 0 Å². The van der Waals surface area contributed by atoms with Gasteiger partial charge in [-0.25, -0.2) is 9.97 Å². The quantitative estimate of drug-likeness (QED) is 0.789. The van der Waals surface area contributed by atoms with Gasteiger partial charge in [0.1, 0.15) is 11.6 Å². The van der Waals surface area contributed by atoms with E-state index in [2.05, 4.69) is 21.8 Å². The van der Waals surface area contributed by atoms with Crippen molar-refractivity contribution in [2.24, 2.45) is 5.92 Å². The third-order valence-electron chi connectivity index (χ3n) is 3.57. The molecule has 5 nitrogen and oxygen atoms in total. The molecule has 1 atom stereocenters. The summed E-state index contributed by atoms with van der Waals surface area (Å²) in [6.45, 7) is 7.96. The highest BCUT2D eigenvalue weighted by molar-refractivity contribution is 5.73. The largest absolute Gasteiger partial charge is 0.466 e. The van der Waals surface area contributed by atoms with E-state index in [0.717, 1.165) is 43.1 Å². The number of nitrogens with zero attached hydrogens (tertiary/aromatic N) is 3. The van der Waals surface area contributed by atoms with Crippen LogP contribution < -0.4 is 4.90 Å². The Bertz CT molecular complexity index is 476. The summed E-state index contributed by atoms with van der Waals surface area (Å²) < 4.78 is 5.14. The van der Waals surface area contributed by atoms with Gasteiger partial charge in [-0.1, -0.05) is 6.92 Å². The van der Waals surface area contributed by atoms with Crippen LogP contribution in [0.4, 0.5) is 5.82 Å². The molecule has 0 bridgehead atoms. The molecule has 0 saturated carbocycles. The molecule has 1 aromatic rings. The normalized spacial score (nSPS) is 18.9. The molecule has 0 unspecified atom stereocenters. The van der Waals surface area contributed by atoms with Crippen LogP contribution in [0.25, 0.3) is 0 Å². The lowest BCUT2D eigenvalue weighted by Gasteiger charge is -2.32. The fourth-order valence-electron chi connectivity index (χ4n) is 2.57. The average Bonchev–Trinajstić information content (AvgIpc) is 2.47. The molecule has 0 amide bonds. The van der Waals surface area contributed by atoms with Crippen molar-refractivity contribution in [1.82, 2.24) is 9.97 Å². The number of aromatic nitrogens is 2. The molecule has 2 rings (SSSR count). The first-order chi connectivity index (χ1) is 9.63. The van der Waals surface area contributed by atoms with E-state index in [9.17, 15) is 4.79 Å². The smallest absolute Gasteiger partial charge is 0.310 e. The van der Waals surface area contributed by atoms with Gasteiger partial charge in [-0.3, -0.25) is 4.79 Å². The maximum Gasteiger partial charge on any atom is 0.310 e. The summed E-state index contributed by atoms with van der Waals surface area (Å²) in [5.74, 6) is 1.67. The SMILES string of the molecule is CCOC(=O)[C@@H]1CCCN(c2cc(C)nc(CC)n2)C1. The van der Waals surface area contributed by atoms with Crippen LogP contribution in [0.15, 0.2) is 6.07 Å². The first-order valence-corrected chi connectivity index (χ1v) is 7.40. The zero-order valence-corrected chi connectivity index (χ0v) is 12.6. The van der Waals surface area contributed by atoms with Crippen LogP contribution >= 0.6 is 0 Å². The van der Waals surface area contributed by atoms with Gasteiger partial charge in [-0.05, 0) is 26.7 Å². The van der Waals surface area contributed by atoms with Crippen LogP contribution in [-0.4, -0.2) is 35.6 Å². The number of carbonyl (C=O) groups is 1. The summed E-state index contributed by atoms with van der Waals surface area (Å²) in [5, 5.41) is 0. The predicted molar refractivity (Wildman–Crippen MR) is 77.7 cm³/mol. The van der Waals surface area contributed by atoms with E-state index in [0.29, 0.717) is 13.2 Å². The molecule has 1 fully saturated rings. The second kappa shape index (κ2) is 6.68. The van der Waals surface area contributed by atoms with E-state index in [1.54, 1.807) is 0 Å². The predicted octanol–water partition coefficient (Wildman–Crippen LogP) is 2.13. The van der Waals surface area contributed by atoms with Crippen LogP contribution in [0.3, 0.4) is 0 Å². The topological polar surface area (TPSA) is 55.3 Å². The number of carbonyl (C=O) groups excluding carboxylic acids is 1. The molecule has 1 saturated heterocycles. The Kier molecular flexibility index (Phi) is 4.93. The van der Waals surface area contributed by atoms with E-state index >= 15 is 0 Å². The van der Waals surface area contributed by atoms with Crippen molar-refractivity contribution in [3.63, 3.8) is 0 Å². The van der Waals surface area contributed by atoms with E-state index in [1.165, 1.54) is 0 Å². The Balaban J connectivity index is 2.12. The van der Waals surface area contributed by atoms with Crippen molar-refractivity contribution in [2.75, 3.05) is 24.6 Å². The lowest BCUT2D eigenvalue weighted by molar-refractivity contribution is -0.148. The monoisotopic (exact) mass is 277 g/mol. The van der Waals surface area contributed by atoms with E-state index in [4.69, 9.17) is 4.74 Å². The maximum absolute atomic E-state index is 11.9. The molecule has 2 heterocycles. The van der Waals surface area contributed by atoms with Gasteiger partial charge in [0.05, 0.1) is 12.5 Å². The minimum Gasteiger partial charge on any atom is -0.466 e. The number of hydrogen-bond donors (Lipinski definition) is 0. The highest BCUT2D eigenvalue weighted by Crippen LogP contribution is 2.23. The van der Waals surface area contributed by atoms with Gasteiger partial charge in [0.15, 0.2) is 0 Å². The van der Waals surface area contributed by atoms with Gasteiger partial charge in [0, 0.05) is 31.3 Å². The van der Waals surface area contributed by atoms with E-state index < -0.39 is 0 Å². The van der Waals surface area contributed by atoms with Crippen molar-refractivity contribution < 1.29 is 9.53 Å². The zero-order chi connectivity index (χ0) is 14.5. The van der Waals surface area contributed by atoms with Gasteiger partial charge < -0.3 is 9.64 Å². The molecule has 0 spiro atoms. The van der Waals surface area contributed by atoms with Gasteiger partial charge in [0.2, 0.25) is 0 Å². The van der Waals surface area contributed by atoms with Gasteiger partial charge in [0.25, 0.3) is 0 Å². The van der Waals surface area contributed by atoms with Crippen molar-refractivity contribution in [2.45, 2.75) is 40.0 Å². The van der Waals surface area contributed by atoms with Crippen LogP contribution in [0, 0.1) is 12.8 Å². The Morgan fingerprint density at radius 3 is 2.95 bits per heavy atom. The number of esters is 1. The summed E-state index contributed by atoms with van der Waals surface area (Å²) in [6, 6.07) is 1.99. The minimum atomic E-state index is -0.0845. The molecular formula is C15H23N3O2. The molecule has 0 radical (unpaired) electrons. The van der Waals surface area contributed by atoms with E-state index in [1.807, 2.05) is 19.9 Å². The second-order valence-corrected chi connectivity index (χ2v) is 5.17. The number of ether oxygens (including phenoxy) is 1. The highest BCUT2D eigenvalue weighted by Gasteiger charge is 2.27. The molecule has 0 N–H and O–H groups in total. The summed E-state index contributed by atoms with van der Waals surface area (Å²) >= 11 is 0. The summed E-state index contributed by atoms with van der Waals surface area (Å²) in [4.78, 5) is 23.0. The lowest BCUT2D eigenvalue weighted by Crippen LogP contribution is -2.40. The fraction of sp³-hybridized carbons (Fsp3) is 0.667. The molecular weight excluding hydrogens is 254 g/mol. The van der Waals surface area contributed by atoms with Crippen LogP contribution in [0.1, 0.15) is 38.2 Å². The molecule has 5 heteroatoms. The average molecular weight is 277 g/mol. The second-order valence-electron chi connectivity index (χ2n) is 5.17. The lowest BCUT2D eigenvalue weighted by atomic mass is 9.98. The van der Waals surface area contributed by atoms with Crippen molar-refractivity contribution in [1.29, 1.82) is 0 Å². The van der Waals surface area contributed by atoms with Crippen LogP contribution in [0.2, 0.25) is 0 Å². The molecule has 1 aliphatic heterocycles. The maximum atomic E-state index is 11.9. The highest BCUT2D eigenvalue weighted by atomic mass is 16.5. The molecule has 20 heavy (non-hydrogen) atoms. The Hall–Kier alpha value is -1.65.